The second-order valence-corrected chi connectivity index (χ2v) is 5.88. The summed E-state index contributed by atoms with van der Waals surface area (Å²) < 4.78 is 6.67. The van der Waals surface area contributed by atoms with E-state index < -0.39 is 0 Å². The SMILES string of the molecule is CCCn1nc(C(=O)Nc2ccc(N3CCOCC3)cc2)ccc1=O. The lowest BCUT2D eigenvalue weighted by Crippen LogP contribution is -2.36. The van der Waals surface area contributed by atoms with Crippen molar-refractivity contribution in [1.29, 1.82) is 0 Å². The molecule has 2 aromatic rings. The maximum absolute atomic E-state index is 12.4. The Morgan fingerprint density at radius 3 is 2.56 bits per heavy atom. The third-order valence-electron chi connectivity index (χ3n) is 4.04. The van der Waals surface area contributed by atoms with E-state index in [9.17, 15) is 9.59 Å². The zero-order valence-corrected chi connectivity index (χ0v) is 14.3. The highest BCUT2D eigenvalue weighted by molar-refractivity contribution is 6.02. The molecular formula is C18H22N4O3. The number of benzene rings is 1. The molecule has 3 rings (SSSR count). The number of nitrogens with zero attached hydrogens (tertiary/aromatic N) is 3. The molecule has 0 aliphatic carbocycles. The molecule has 7 nitrogen and oxygen atoms in total. The maximum Gasteiger partial charge on any atom is 0.276 e. The number of rotatable bonds is 5. The number of hydrogen-bond acceptors (Lipinski definition) is 5. The Bertz CT molecular complexity index is 780. The van der Waals surface area contributed by atoms with Gasteiger partial charge in [-0.1, -0.05) is 6.92 Å². The van der Waals surface area contributed by atoms with Gasteiger partial charge < -0.3 is 15.0 Å². The van der Waals surface area contributed by atoms with Gasteiger partial charge in [-0.3, -0.25) is 9.59 Å². The second-order valence-electron chi connectivity index (χ2n) is 5.88. The molecule has 0 saturated carbocycles. The summed E-state index contributed by atoms with van der Waals surface area (Å²) in [5.74, 6) is -0.330. The Morgan fingerprint density at radius 2 is 1.88 bits per heavy atom. The lowest BCUT2D eigenvalue weighted by molar-refractivity contribution is 0.101. The van der Waals surface area contributed by atoms with E-state index in [1.54, 1.807) is 0 Å². The van der Waals surface area contributed by atoms with Crippen LogP contribution in [0.2, 0.25) is 0 Å². The van der Waals surface area contributed by atoms with Gasteiger partial charge in [0.2, 0.25) is 0 Å². The number of amides is 1. The molecule has 1 fully saturated rings. The minimum absolute atomic E-state index is 0.201. The fourth-order valence-corrected chi connectivity index (χ4v) is 2.71. The van der Waals surface area contributed by atoms with Crippen molar-refractivity contribution in [1.82, 2.24) is 9.78 Å². The zero-order valence-electron chi connectivity index (χ0n) is 14.3. The summed E-state index contributed by atoms with van der Waals surface area (Å²) in [6, 6.07) is 10.5. The third-order valence-corrected chi connectivity index (χ3v) is 4.04. The van der Waals surface area contributed by atoms with Crippen LogP contribution < -0.4 is 15.8 Å². The first-order valence-corrected chi connectivity index (χ1v) is 8.49. The van der Waals surface area contributed by atoms with Crippen molar-refractivity contribution in [2.24, 2.45) is 0 Å². The van der Waals surface area contributed by atoms with Gasteiger partial charge in [-0.2, -0.15) is 5.10 Å². The molecule has 0 radical (unpaired) electrons. The van der Waals surface area contributed by atoms with Crippen molar-refractivity contribution in [2.75, 3.05) is 36.5 Å². The van der Waals surface area contributed by atoms with Crippen LogP contribution >= 0.6 is 0 Å². The van der Waals surface area contributed by atoms with Crippen LogP contribution in [0.25, 0.3) is 0 Å². The van der Waals surface area contributed by atoms with E-state index in [0.717, 1.165) is 38.4 Å². The molecule has 2 heterocycles. The quantitative estimate of drug-likeness (QED) is 0.896. The van der Waals surface area contributed by atoms with Crippen LogP contribution in [0.4, 0.5) is 11.4 Å². The van der Waals surface area contributed by atoms with Crippen LogP contribution in [0.1, 0.15) is 23.8 Å². The molecule has 1 aliphatic rings. The average Bonchev–Trinajstić information content (AvgIpc) is 2.65. The molecule has 1 N–H and O–H groups in total. The number of nitrogens with one attached hydrogen (secondary N) is 1. The molecule has 1 saturated heterocycles. The van der Waals surface area contributed by atoms with Crippen molar-refractivity contribution >= 4 is 17.3 Å². The highest BCUT2D eigenvalue weighted by Gasteiger charge is 2.12. The van der Waals surface area contributed by atoms with Gasteiger partial charge in [-0.25, -0.2) is 4.68 Å². The van der Waals surface area contributed by atoms with Crippen LogP contribution in [0.5, 0.6) is 0 Å². The van der Waals surface area contributed by atoms with Crippen molar-refractivity contribution in [2.45, 2.75) is 19.9 Å². The summed E-state index contributed by atoms with van der Waals surface area (Å²) in [6.45, 7) is 5.66. The molecule has 0 atom stereocenters. The monoisotopic (exact) mass is 342 g/mol. The number of hydrogen-bond donors (Lipinski definition) is 1. The smallest absolute Gasteiger partial charge is 0.276 e. The minimum Gasteiger partial charge on any atom is -0.378 e. The number of carbonyl (C=O) groups is 1. The van der Waals surface area contributed by atoms with E-state index in [2.05, 4.69) is 15.3 Å². The molecular weight excluding hydrogens is 320 g/mol. The van der Waals surface area contributed by atoms with Crippen LogP contribution in [0, 0.1) is 0 Å². The summed E-state index contributed by atoms with van der Waals surface area (Å²) in [5, 5.41) is 6.94. The first-order valence-electron chi connectivity index (χ1n) is 8.49. The fourth-order valence-electron chi connectivity index (χ4n) is 2.71. The number of morpholine rings is 1. The van der Waals surface area contributed by atoms with Gasteiger partial charge in [0.15, 0.2) is 0 Å². The number of anilines is 2. The van der Waals surface area contributed by atoms with Gasteiger partial charge in [0, 0.05) is 37.1 Å². The second kappa shape index (κ2) is 7.94. The number of carbonyl (C=O) groups excluding carboxylic acids is 1. The summed E-state index contributed by atoms with van der Waals surface area (Å²) >= 11 is 0. The first-order chi connectivity index (χ1) is 12.2. The third kappa shape index (κ3) is 4.24. The van der Waals surface area contributed by atoms with E-state index in [1.807, 2.05) is 31.2 Å². The Hall–Kier alpha value is -2.67. The van der Waals surface area contributed by atoms with Gasteiger partial charge in [-0.15, -0.1) is 0 Å². The predicted octanol–water partition coefficient (Wildman–Crippen LogP) is 1.74. The molecule has 1 aromatic carbocycles. The van der Waals surface area contributed by atoms with Gasteiger partial charge in [0.1, 0.15) is 5.69 Å². The summed E-state index contributed by atoms with van der Waals surface area (Å²) in [7, 11) is 0. The standard InChI is InChI=1S/C18H22N4O3/c1-2-9-22-17(23)8-7-16(20-22)18(24)19-14-3-5-15(6-4-14)21-10-12-25-13-11-21/h3-8H,2,9-13H2,1H3,(H,19,24). The van der Waals surface area contributed by atoms with Crippen LogP contribution in [0.3, 0.4) is 0 Å². The Balaban J connectivity index is 1.68. The van der Waals surface area contributed by atoms with E-state index in [4.69, 9.17) is 4.74 Å². The Labute approximate surface area is 146 Å². The van der Waals surface area contributed by atoms with Crippen LogP contribution in [-0.2, 0) is 11.3 Å². The predicted molar refractivity (Wildman–Crippen MR) is 96.2 cm³/mol. The van der Waals surface area contributed by atoms with E-state index in [0.29, 0.717) is 12.2 Å². The summed E-state index contributed by atoms with van der Waals surface area (Å²) in [5.41, 5.74) is 1.83. The first kappa shape index (κ1) is 17.2. The number of aryl methyl sites for hydroxylation is 1. The Morgan fingerprint density at radius 1 is 1.16 bits per heavy atom. The van der Waals surface area contributed by atoms with Gasteiger partial charge in [-0.05, 0) is 36.8 Å². The van der Waals surface area contributed by atoms with Crippen molar-refractivity contribution in [3.8, 4) is 0 Å². The average molecular weight is 342 g/mol. The van der Waals surface area contributed by atoms with E-state index >= 15 is 0 Å². The maximum atomic E-state index is 12.4. The number of aromatic nitrogens is 2. The lowest BCUT2D eigenvalue weighted by Gasteiger charge is -2.28. The van der Waals surface area contributed by atoms with E-state index in [1.165, 1.54) is 16.8 Å². The topological polar surface area (TPSA) is 76.5 Å². The molecule has 1 amide bonds. The van der Waals surface area contributed by atoms with Gasteiger partial charge >= 0.3 is 0 Å². The van der Waals surface area contributed by atoms with Crippen molar-refractivity contribution in [3.63, 3.8) is 0 Å². The largest absolute Gasteiger partial charge is 0.378 e. The zero-order chi connectivity index (χ0) is 17.6. The molecule has 1 aliphatic heterocycles. The van der Waals surface area contributed by atoms with Gasteiger partial charge in [0.25, 0.3) is 11.5 Å². The molecule has 132 valence electrons. The fraction of sp³-hybridized carbons (Fsp3) is 0.389. The lowest BCUT2D eigenvalue weighted by atomic mass is 10.2. The van der Waals surface area contributed by atoms with Crippen LogP contribution in [-0.4, -0.2) is 42.0 Å². The molecule has 0 unspecified atom stereocenters. The van der Waals surface area contributed by atoms with Crippen molar-refractivity contribution in [3.05, 3.63) is 52.4 Å². The van der Waals surface area contributed by atoms with Crippen molar-refractivity contribution < 1.29 is 9.53 Å². The summed E-state index contributed by atoms with van der Waals surface area (Å²) in [4.78, 5) is 26.3. The normalized spacial score (nSPS) is 14.4. The minimum atomic E-state index is -0.330. The van der Waals surface area contributed by atoms with E-state index in [-0.39, 0.29) is 17.2 Å². The summed E-state index contributed by atoms with van der Waals surface area (Å²) in [6.07, 6.45) is 0.779. The highest BCUT2D eigenvalue weighted by atomic mass is 16.5. The molecule has 0 bridgehead atoms. The van der Waals surface area contributed by atoms with Crippen LogP contribution in [0.15, 0.2) is 41.2 Å². The number of ether oxygens (including phenoxy) is 1. The molecule has 7 heteroatoms. The Kier molecular flexibility index (Phi) is 5.45. The molecule has 25 heavy (non-hydrogen) atoms. The van der Waals surface area contributed by atoms with Gasteiger partial charge in [0.05, 0.1) is 13.2 Å². The highest BCUT2D eigenvalue weighted by Crippen LogP contribution is 2.19. The molecule has 1 aromatic heterocycles. The molecule has 0 spiro atoms.